The van der Waals surface area contributed by atoms with E-state index in [1.54, 1.807) is 0 Å². The number of unbranched alkanes of at least 4 members (excludes halogenated alkanes) is 1. The molecule has 1 heterocycles. The minimum Gasteiger partial charge on any atom is -0.353 e. The molecule has 0 radical (unpaired) electrons. The molecule has 0 spiro atoms. The highest BCUT2D eigenvalue weighted by Gasteiger charge is 2.26. The van der Waals surface area contributed by atoms with Crippen molar-refractivity contribution in [3.8, 4) is 0 Å². The predicted octanol–water partition coefficient (Wildman–Crippen LogP) is 2.89. The van der Waals surface area contributed by atoms with Crippen molar-refractivity contribution in [2.24, 2.45) is 5.84 Å². The third-order valence-electron chi connectivity index (χ3n) is 4.23. The first-order valence-corrected chi connectivity index (χ1v) is 8.41. The molecule has 0 saturated carbocycles. The summed E-state index contributed by atoms with van der Waals surface area (Å²) in [4.78, 5) is 11.9. The number of nitrogens with one attached hydrogen (secondary N) is 1. The Hall–Kier alpha value is -1.64. The van der Waals surface area contributed by atoms with Gasteiger partial charge in [0, 0.05) is 18.8 Å². The van der Waals surface area contributed by atoms with Gasteiger partial charge < -0.3 is 9.47 Å². The van der Waals surface area contributed by atoms with Crippen molar-refractivity contribution in [1.82, 2.24) is 5.43 Å². The van der Waals surface area contributed by atoms with Gasteiger partial charge in [-0.1, -0.05) is 12.5 Å². The second-order valence-electron chi connectivity index (χ2n) is 5.99. The molecule has 2 rings (SSSR count). The number of hydrogen-bond donors (Lipinski definition) is 2. The Morgan fingerprint density at radius 2 is 2.08 bits per heavy atom. The molecule has 1 aliphatic rings. The van der Waals surface area contributed by atoms with Crippen molar-refractivity contribution in [3.05, 3.63) is 35.1 Å². The molecule has 5 nitrogen and oxygen atoms in total. The van der Waals surface area contributed by atoms with Crippen LogP contribution in [0.15, 0.2) is 12.1 Å². The maximum Gasteiger partial charge on any atom is 0.241 e. The Bertz CT molecular complexity index is 581. The summed E-state index contributed by atoms with van der Waals surface area (Å²) < 4.78 is 51.5. The molecule has 8 heteroatoms. The summed E-state index contributed by atoms with van der Waals surface area (Å²) in [5, 5.41) is 0. The molecule has 2 atom stereocenters. The van der Waals surface area contributed by atoms with Crippen LogP contribution in [0.5, 0.6) is 0 Å². The Morgan fingerprint density at radius 3 is 2.76 bits per heavy atom. The van der Waals surface area contributed by atoms with E-state index in [1.165, 1.54) is 0 Å². The SMILES string of the molecule is NNC(=O)C(CCCCOC1CCCCO1)c1ccc(F)c(F)c1F. The van der Waals surface area contributed by atoms with Crippen molar-refractivity contribution in [1.29, 1.82) is 0 Å². The first kappa shape index (κ1) is 19.7. The molecular weight excluding hydrogens is 337 g/mol. The molecule has 0 aliphatic carbocycles. The Kier molecular flexibility index (Phi) is 7.67. The van der Waals surface area contributed by atoms with Crippen LogP contribution in [-0.4, -0.2) is 25.4 Å². The number of benzene rings is 1. The monoisotopic (exact) mass is 360 g/mol. The second kappa shape index (κ2) is 9.74. The molecule has 3 N–H and O–H groups in total. The Balaban J connectivity index is 1.88. The first-order chi connectivity index (χ1) is 12.0. The fraction of sp³-hybridized carbons (Fsp3) is 0.588. The van der Waals surface area contributed by atoms with Crippen molar-refractivity contribution < 1.29 is 27.4 Å². The average Bonchev–Trinajstić information content (AvgIpc) is 2.64. The number of rotatable bonds is 8. The molecule has 1 amide bonds. The molecule has 1 aromatic rings. The maximum absolute atomic E-state index is 14.0. The summed E-state index contributed by atoms with van der Waals surface area (Å²) in [7, 11) is 0. The van der Waals surface area contributed by atoms with Crippen molar-refractivity contribution in [3.63, 3.8) is 0 Å². The number of amides is 1. The van der Waals surface area contributed by atoms with Crippen LogP contribution in [0.4, 0.5) is 13.2 Å². The van der Waals surface area contributed by atoms with Gasteiger partial charge in [-0.2, -0.15) is 0 Å². The van der Waals surface area contributed by atoms with E-state index < -0.39 is 29.3 Å². The van der Waals surface area contributed by atoms with Crippen molar-refractivity contribution >= 4 is 5.91 Å². The fourth-order valence-electron chi connectivity index (χ4n) is 2.85. The predicted molar refractivity (Wildman–Crippen MR) is 84.8 cm³/mol. The number of carbonyl (C=O) groups is 1. The van der Waals surface area contributed by atoms with E-state index in [0.717, 1.165) is 31.4 Å². The third-order valence-corrected chi connectivity index (χ3v) is 4.23. The molecular formula is C17H23F3N2O3. The van der Waals surface area contributed by atoms with Crippen LogP contribution in [0.1, 0.15) is 50.0 Å². The zero-order valence-electron chi connectivity index (χ0n) is 13.9. The van der Waals surface area contributed by atoms with Gasteiger partial charge in [0.05, 0.1) is 5.92 Å². The van der Waals surface area contributed by atoms with Crippen LogP contribution in [0, 0.1) is 17.5 Å². The number of carbonyl (C=O) groups excluding carboxylic acids is 1. The largest absolute Gasteiger partial charge is 0.353 e. The number of ether oxygens (including phenoxy) is 2. The van der Waals surface area contributed by atoms with E-state index in [0.29, 0.717) is 26.1 Å². The summed E-state index contributed by atoms with van der Waals surface area (Å²) in [5.74, 6) is -0.771. The van der Waals surface area contributed by atoms with Gasteiger partial charge in [0.1, 0.15) is 0 Å². The lowest BCUT2D eigenvalue weighted by atomic mass is 9.92. The van der Waals surface area contributed by atoms with Crippen molar-refractivity contribution in [2.75, 3.05) is 13.2 Å². The molecule has 1 aliphatic heterocycles. The summed E-state index contributed by atoms with van der Waals surface area (Å²) >= 11 is 0. The summed E-state index contributed by atoms with van der Waals surface area (Å²) in [6, 6.07) is 1.87. The smallest absolute Gasteiger partial charge is 0.241 e. The highest BCUT2D eigenvalue weighted by atomic mass is 19.2. The molecule has 2 unspecified atom stereocenters. The zero-order chi connectivity index (χ0) is 18.2. The van der Waals surface area contributed by atoms with Gasteiger partial charge >= 0.3 is 0 Å². The minimum absolute atomic E-state index is 0.194. The van der Waals surface area contributed by atoms with E-state index in [4.69, 9.17) is 15.3 Å². The number of hydrazine groups is 1. The van der Waals surface area contributed by atoms with Crippen LogP contribution in [0.3, 0.4) is 0 Å². The molecule has 1 saturated heterocycles. The van der Waals surface area contributed by atoms with Crippen LogP contribution in [-0.2, 0) is 14.3 Å². The van der Waals surface area contributed by atoms with Crippen molar-refractivity contribution in [2.45, 2.75) is 50.7 Å². The molecule has 1 fully saturated rings. The van der Waals surface area contributed by atoms with E-state index in [-0.39, 0.29) is 18.3 Å². The zero-order valence-corrected chi connectivity index (χ0v) is 13.9. The van der Waals surface area contributed by atoms with Gasteiger partial charge in [-0.3, -0.25) is 10.2 Å². The van der Waals surface area contributed by atoms with E-state index in [1.807, 2.05) is 5.43 Å². The third kappa shape index (κ3) is 5.42. The average molecular weight is 360 g/mol. The number of halogens is 3. The van der Waals surface area contributed by atoms with E-state index in [2.05, 4.69) is 0 Å². The lowest BCUT2D eigenvalue weighted by Crippen LogP contribution is -2.35. The first-order valence-electron chi connectivity index (χ1n) is 8.41. The summed E-state index contributed by atoms with van der Waals surface area (Å²) in [6.45, 7) is 1.14. The van der Waals surface area contributed by atoms with Crippen LogP contribution < -0.4 is 11.3 Å². The van der Waals surface area contributed by atoms with Gasteiger partial charge in [-0.15, -0.1) is 0 Å². The Labute approximate surface area is 144 Å². The fourth-order valence-corrected chi connectivity index (χ4v) is 2.85. The Morgan fingerprint density at radius 1 is 1.28 bits per heavy atom. The maximum atomic E-state index is 14.0. The normalized spacial score (nSPS) is 18.8. The van der Waals surface area contributed by atoms with E-state index >= 15 is 0 Å². The molecule has 140 valence electrons. The molecule has 1 aromatic carbocycles. The lowest BCUT2D eigenvalue weighted by molar-refractivity contribution is -0.162. The van der Waals surface area contributed by atoms with Crippen LogP contribution in [0.2, 0.25) is 0 Å². The van der Waals surface area contributed by atoms with Gasteiger partial charge in [0.2, 0.25) is 5.91 Å². The van der Waals surface area contributed by atoms with E-state index in [9.17, 15) is 18.0 Å². The second-order valence-corrected chi connectivity index (χ2v) is 5.99. The van der Waals surface area contributed by atoms with Crippen LogP contribution in [0.25, 0.3) is 0 Å². The quantitative estimate of drug-likeness (QED) is 0.246. The molecule has 0 aromatic heterocycles. The van der Waals surface area contributed by atoms with Gasteiger partial charge in [-0.05, 0) is 38.2 Å². The lowest BCUT2D eigenvalue weighted by Gasteiger charge is -2.22. The summed E-state index contributed by atoms with van der Waals surface area (Å²) in [5.41, 5.74) is 1.73. The topological polar surface area (TPSA) is 73.6 Å². The highest BCUT2D eigenvalue weighted by Crippen LogP contribution is 2.27. The number of nitrogens with two attached hydrogens (primary N) is 1. The van der Waals surface area contributed by atoms with Gasteiger partial charge in [0.15, 0.2) is 23.7 Å². The van der Waals surface area contributed by atoms with Crippen LogP contribution >= 0.6 is 0 Å². The number of hydrogen-bond acceptors (Lipinski definition) is 4. The standard InChI is InChI=1S/C17H23F3N2O3/c18-13-8-7-11(15(19)16(13)20)12(17(23)22-21)5-1-3-9-24-14-6-2-4-10-25-14/h7-8,12,14H,1-6,9-10,21H2,(H,22,23). The highest BCUT2D eigenvalue weighted by molar-refractivity contribution is 5.83. The minimum atomic E-state index is -1.59. The molecule has 0 bridgehead atoms. The summed E-state index contributed by atoms with van der Waals surface area (Å²) in [6.07, 6.45) is 4.16. The molecule has 25 heavy (non-hydrogen) atoms. The van der Waals surface area contributed by atoms with Gasteiger partial charge in [-0.25, -0.2) is 19.0 Å². The van der Waals surface area contributed by atoms with Gasteiger partial charge in [0.25, 0.3) is 0 Å².